The third-order valence-corrected chi connectivity index (χ3v) is 3.34. The molecule has 0 bridgehead atoms. The number of rotatable bonds is 9. The summed E-state index contributed by atoms with van der Waals surface area (Å²) in [4.78, 5) is 15.8. The number of aryl methyl sites for hydroxylation is 1. The highest BCUT2D eigenvalue weighted by atomic mass is 16.5. The van der Waals surface area contributed by atoms with Crippen molar-refractivity contribution in [1.29, 1.82) is 0 Å². The van der Waals surface area contributed by atoms with E-state index >= 15 is 0 Å². The fraction of sp³-hybridized carbons (Fsp3) is 0.625. The van der Waals surface area contributed by atoms with E-state index in [-0.39, 0.29) is 11.9 Å². The summed E-state index contributed by atoms with van der Waals surface area (Å²) in [5.74, 6) is 0.0616. The molecule has 0 spiro atoms. The van der Waals surface area contributed by atoms with Crippen LogP contribution in [0.5, 0.6) is 0 Å². The molecular formula is C16H25NO2. The average molecular weight is 263 g/mol. The van der Waals surface area contributed by atoms with Gasteiger partial charge in [0.15, 0.2) is 0 Å². The van der Waals surface area contributed by atoms with Gasteiger partial charge in [-0.15, -0.1) is 0 Å². The molecule has 1 aromatic heterocycles. The van der Waals surface area contributed by atoms with Crippen molar-refractivity contribution in [1.82, 2.24) is 4.98 Å². The summed E-state index contributed by atoms with van der Waals surface area (Å²) in [7, 11) is 0. The lowest BCUT2D eigenvalue weighted by molar-refractivity contribution is -0.149. The maximum absolute atomic E-state index is 11.9. The Morgan fingerprint density at radius 3 is 2.63 bits per heavy atom. The van der Waals surface area contributed by atoms with Gasteiger partial charge in [-0.25, -0.2) is 0 Å². The Balaban J connectivity index is 2.19. The molecule has 0 aliphatic heterocycles. The number of hydrogen-bond donors (Lipinski definition) is 0. The van der Waals surface area contributed by atoms with Crippen LogP contribution in [-0.4, -0.2) is 17.6 Å². The van der Waals surface area contributed by atoms with Crippen molar-refractivity contribution in [3.63, 3.8) is 0 Å². The van der Waals surface area contributed by atoms with Crippen molar-refractivity contribution in [2.24, 2.45) is 5.92 Å². The zero-order chi connectivity index (χ0) is 13.9. The molecule has 0 aliphatic rings. The summed E-state index contributed by atoms with van der Waals surface area (Å²) in [6.45, 7) is 4.72. The average Bonchev–Trinajstić information content (AvgIpc) is 2.45. The van der Waals surface area contributed by atoms with Crippen LogP contribution in [0.15, 0.2) is 24.5 Å². The standard InChI is InChI=1S/C16H25NO2/c1-3-5-8-15(4-2)16(18)19-13-6-7-14-9-11-17-12-10-14/h9-12,15H,3-8,13H2,1-2H3. The molecule has 0 saturated heterocycles. The molecule has 1 aromatic rings. The number of hydrogen-bond acceptors (Lipinski definition) is 3. The maximum Gasteiger partial charge on any atom is 0.308 e. The van der Waals surface area contributed by atoms with E-state index in [4.69, 9.17) is 4.74 Å². The van der Waals surface area contributed by atoms with Crippen LogP contribution in [-0.2, 0) is 16.0 Å². The first-order valence-corrected chi connectivity index (χ1v) is 7.33. The minimum absolute atomic E-state index is 0.0225. The highest BCUT2D eigenvalue weighted by Gasteiger charge is 2.16. The van der Waals surface area contributed by atoms with Gasteiger partial charge >= 0.3 is 5.97 Å². The van der Waals surface area contributed by atoms with E-state index in [0.717, 1.165) is 38.5 Å². The summed E-state index contributed by atoms with van der Waals surface area (Å²) in [6, 6.07) is 4.00. The van der Waals surface area contributed by atoms with Crippen LogP contribution in [0.2, 0.25) is 0 Å². The van der Waals surface area contributed by atoms with E-state index in [2.05, 4.69) is 18.8 Å². The van der Waals surface area contributed by atoms with Crippen LogP contribution < -0.4 is 0 Å². The smallest absolute Gasteiger partial charge is 0.308 e. The number of aromatic nitrogens is 1. The van der Waals surface area contributed by atoms with Gasteiger partial charge in [0.05, 0.1) is 12.5 Å². The normalized spacial score (nSPS) is 12.1. The topological polar surface area (TPSA) is 39.2 Å². The second-order valence-electron chi connectivity index (χ2n) is 4.87. The van der Waals surface area contributed by atoms with Gasteiger partial charge in [0, 0.05) is 12.4 Å². The zero-order valence-electron chi connectivity index (χ0n) is 12.1. The maximum atomic E-state index is 11.9. The Hall–Kier alpha value is -1.38. The van der Waals surface area contributed by atoms with Crippen LogP contribution in [0.4, 0.5) is 0 Å². The molecule has 0 aliphatic carbocycles. The number of carbonyl (C=O) groups is 1. The van der Waals surface area contributed by atoms with E-state index in [1.165, 1.54) is 5.56 Å². The van der Waals surface area contributed by atoms with Gasteiger partial charge in [0.1, 0.15) is 0 Å². The summed E-state index contributed by atoms with van der Waals surface area (Å²) >= 11 is 0. The SMILES string of the molecule is CCCCC(CC)C(=O)OCCCc1ccncc1. The van der Waals surface area contributed by atoms with Crippen LogP contribution in [0.25, 0.3) is 0 Å². The monoisotopic (exact) mass is 263 g/mol. The minimum atomic E-state index is -0.0225. The van der Waals surface area contributed by atoms with Crippen molar-refractivity contribution >= 4 is 5.97 Å². The molecule has 0 saturated carbocycles. The van der Waals surface area contributed by atoms with Crippen molar-refractivity contribution in [3.05, 3.63) is 30.1 Å². The summed E-state index contributed by atoms with van der Waals surface area (Å²) in [5, 5.41) is 0. The zero-order valence-corrected chi connectivity index (χ0v) is 12.1. The molecule has 1 unspecified atom stereocenters. The number of carbonyl (C=O) groups excluding carboxylic acids is 1. The molecule has 1 heterocycles. The van der Waals surface area contributed by atoms with Crippen LogP contribution in [0, 0.1) is 5.92 Å². The Morgan fingerprint density at radius 1 is 1.26 bits per heavy atom. The predicted molar refractivity (Wildman–Crippen MR) is 76.8 cm³/mol. The summed E-state index contributed by atoms with van der Waals surface area (Å²) < 4.78 is 5.36. The molecule has 3 heteroatoms. The molecule has 1 rings (SSSR count). The predicted octanol–water partition coefficient (Wildman–Crippen LogP) is 3.77. The third-order valence-electron chi connectivity index (χ3n) is 3.34. The Kier molecular flexibility index (Phi) is 7.87. The van der Waals surface area contributed by atoms with Crippen molar-refractivity contribution in [2.45, 2.75) is 52.4 Å². The molecule has 0 fully saturated rings. The molecule has 3 nitrogen and oxygen atoms in total. The first-order chi connectivity index (χ1) is 9.27. The van der Waals surface area contributed by atoms with Crippen molar-refractivity contribution in [2.75, 3.05) is 6.61 Å². The first kappa shape index (κ1) is 15.7. The molecule has 0 radical (unpaired) electrons. The first-order valence-electron chi connectivity index (χ1n) is 7.33. The van der Waals surface area contributed by atoms with Crippen molar-refractivity contribution < 1.29 is 9.53 Å². The molecule has 0 amide bonds. The van der Waals surface area contributed by atoms with Crippen LogP contribution in [0.3, 0.4) is 0 Å². The lowest BCUT2D eigenvalue weighted by Crippen LogP contribution is -2.18. The lowest BCUT2D eigenvalue weighted by atomic mass is 10.00. The van der Waals surface area contributed by atoms with Crippen LogP contribution >= 0.6 is 0 Å². The summed E-state index contributed by atoms with van der Waals surface area (Å²) in [6.07, 6.45) is 9.45. The highest BCUT2D eigenvalue weighted by molar-refractivity contribution is 5.72. The van der Waals surface area contributed by atoms with Gasteiger partial charge < -0.3 is 4.74 Å². The van der Waals surface area contributed by atoms with E-state index in [9.17, 15) is 4.79 Å². The Bertz CT molecular complexity index is 351. The second kappa shape index (κ2) is 9.54. The summed E-state index contributed by atoms with van der Waals surface area (Å²) in [5.41, 5.74) is 1.24. The molecule has 106 valence electrons. The number of ether oxygens (including phenoxy) is 1. The number of nitrogens with zero attached hydrogens (tertiary/aromatic N) is 1. The number of esters is 1. The molecule has 19 heavy (non-hydrogen) atoms. The largest absolute Gasteiger partial charge is 0.465 e. The lowest BCUT2D eigenvalue weighted by Gasteiger charge is -2.13. The fourth-order valence-electron chi connectivity index (χ4n) is 2.06. The van der Waals surface area contributed by atoms with E-state index < -0.39 is 0 Å². The van der Waals surface area contributed by atoms with Gasteiger partial charge in [0.2, 0.25) is 0 Å². The molecule has 1 atom stereocenters. The molecule has 0 N–H and O–H groups in total. The second-order valence-corrected chi connectivity index (χ2v) is 4.87. The van der Waals surface area contributed by atoms with Gasteiger partial charge in [-0.2, -0.15) is 0 Å². The highest BCUT2D eigenvalue weighted by Crippen LogP contribution is 2.14. The van der Waals surface area contributed by atoms with E-state index in [1.54, 1.807) is 12.4 Å². The van der Waals surface area contributed by atoms with Gasteiger partial charge in [-0.3, -0.25) is 9.78 Å². The Labute approximate surface area is 116 Å². The molecular weight excluding hydrogens is 238 g/mol. The molecule has 0 aromatic carbocycles. The van der Waals surface area contributed by atoms with Crippen molar-refractivity contribution in [3.8, 4) is 0 Å². The van der Waals surface area contributed by atoms with Gasteiger partial charge in [-0.1, -0.05) is 26.7 Å². The Morgan fingerprint density at radius 2 is 2.00 bits per heavy atom. The van der Waals surface area contributed by atoms with E-state index in [0.29, 0.717) is 6.61 Å². The quantitative estimate of drug-likeness (QED) is 0.503. The number of unbranched alkanes of at least 4 members (excludes halogenated alkanes) is 1. The minimum Gasteiger partial charge on any atom is -0.465 e. The number of pyridine rings is 1. The third kappa shape index (κ3) is 6.37. The van der Waals surface area contributed by atoms with E-state index in [1.807, 2.05) is 12.1 Å². The van der Waals surface area contributed by atoms with Gasteiger partial charge in [0.25, 0.3) is 0 Å². The fourth-order valence-corrected chi connectivity index (χ4v) is 2.06. The van der Waals surface area contributed by atoms with Crippen LogP contribution in [0.1, 0.15) is 51.5 Å². The van der Waals surface area contributed by atoms with Gasteiger partial charge in [-0.05, 0) is 43.4 Å².